The number of methoxy groups -OCH3 is 1. The monoisotopic (exact) mass is 456 g/mol. The number of pyridine rings is 1. The van der Waals surface area contributed by atoms with Crippen molar-refractivity contribution >= 4 is 22.7 Å². The SMILES string of the molecule is CCc1nc2ccccc2c(C(=O)OCC(=O)c2cc(C)n(-c3ccc(OC)cc3)c2C)c1C. The Morgan fingerprint density at radius 1 is 1.00 bits per heavy atom. The van der Waals surface area contributed by atoms with Gasteiger partial charge in [0, 0.05) is 33.7 Å². The van der Waals surface area contributed by atoms with Crippen molar-refractivity contribution in [1.82, 2.24) is 9.55 Å². The van der Waals surface area contributed by atoms with E-state index in [2.05, 4.69) is 4.98 Å². The van der Waals surface area contributed by atoms with E-state index in [1.807, 2.05) is 86.9 Å². The number of carbonyl (C=O) groups excluding carboxylic acids is 2. The van der Waals surface area contributed by atoms with Gasteiger partial charge >= 0.3 is 5.97 Å². The van der Waals surface area contributed by atoms with E-state index in [0.29, 0.717) is 17.5 Å². The maximum Gasteiger partial charge on any atom is 0.339 e. The Labute approximate surface area is 199 Å². The molecule has 0 aliphatic carbocycles. The Balaban J connectivity index is 1.58. The number of benzene rings is 2. The summed E-state index contributed by atoms with van der Waals surface area (Å²) < 4.78 is 12.8. The summed E-state index contributed by atoms with van der Waals surface area (Å²) in [4.78, 5) is 30.8. The molecule has 0 aliphatic heterocycles. The molecule has 0 radical (unpaired) electrons. The first-order valence-corrected chi connectivity index (χ1v) is 11.3. The summed E-state index contributed by atoms with van der Waals surface area (Å²) in [5, 5.41) is 0.729. The van der Waals surface area contributed by atoms with Crippen LogP contribution in [0.1, 0.15) is 50.3 Å². The number of ketones is 1. The van der Waals surface area contributed by atoms with Crippen LogP contribution in [0.25, 0.3) is 16.6 Å². The summed E-state index contributed by atoms with van der Waals surface area (Å²) in [6, 6.07) is 17.0. The van der Waals surface area contributed by atoms with Crippen molar-refractivity contribution in [3.8, 4) is 11.4 Å². The molecule has 0 fully saturated rings. The van der Waals surface area contributed by atoms with Gasteiger partial charge in [-0.15, -0.1) is 0 Å². The lowest BCUT2D eigenvalue weighted by Gasteiger charge is -2.13. The highest BCUT2D eigenvalue weighted by atomic mass is 16.5. The molecule has 6 nitrogen and oxygen atoms in total. The Bertz CT molecular complexity index is 1380. The van der Waals surface area contributed by atoms with E-state index in [1.165, 1.54) is 0 Å². The molecule has 0 amide bonds. The van der Waals surface area contributed by atoms with Crippen LogP contribution in [0.15, 0.2) is 54.6 Å². The first-order chi connectivity index (χ1) is 16.3. The number of carbonyl (C=O) groups is 2. The van der Waals surface area contributed by atoms with E-state index < -0.39 is 5.97 Å². The number of hydrogen-bond acceptors (Lipinski definition) is 5. The zero-order valence-electron chi connectivity index (χ0n) is 20.1. The third-order valence-electron chi connectivity index (χ3n) is 6.17. The molecule has 174 valence electrons. The molecular formula is C28H28N2O4. The number of aryl methyl sites for hydroxylation is 2. The fraction of sp³-hybridized carbons (Fsp3) is 0.250. The second-order valence-electron chi connectivity index (χ2n) is 8.25. The first kappa shape index (κ1) is 23.2. The maximum atomic E-state index is 13.1. The standard InChI is InChI=1S/C28H28N2O4/c1-6-24-18(3)27(22-9-7-8-10-25(22)29-24)28(32)34-16-26(31)23-15-17(2)30(19(23)4)20-11-13-21(33-5)14-12-20/h7-15H,6,16H2,1-5H3. The summed E-state index contributed by atoms with van der Waals surface area (Å²) in [7, 11) is 1.62. The molecule has 2 aromatic heterocycles. The number of ether oxygens (including phenoxy) is 2. The number of nitrogens with zero attached hydrogens (tertiary/aromatic N) is 2. The second-order valence-corrected chi connectivity index (χ2v) is 8.25. The lowest BCUT2D eigenvalue weighted by molar-refractivity contribution is 0.0475. The molecule has 2 aromatic carbocycles. The average Bonchev–Trinajstić information content (AvgIpc) is 3.15. The van der Waals surface area contributed by atoms with Crippen LogP contribution in [0.3, 0.4) is 0 Å². The van der Waals surface area contributed by atoms with Crippen LogP contribution in [-0.4, -0.2) is 35.0 Å². The van der Waals surface area contributed by atoms with Gasteiger partial charge in [-0.25, -0.2) is 4.79 Å². The summed E-state index contributed by atoms with van der Waals surface area (Å²) >= 11 is 0. The van der Waals surface area contributed by atoms with E-state index >= 15 is 0 Å². The zero-order valence-corrected chi connectivity index (χ0v) is 20.1. The van der Waals surface area contributed by atoms with Crippen molar-refractivity contribution < 1.29 is 19.1 Å². The van der Waals surface area contributed by atoms with E-state index in [9.17, 15) is 9.59 Å². The van der Waals surface area contributed by atoms with Crippen molar-refractivity contribution in [3.63, 3.8) is 0 Å². The zero-order chi connectivity index (χ0) is 24.4. The molecule has 6 heteroatoms. The second kappa shape index (κ2) is 9.51. The van der Waals surface area contributed by atoms with E-state index in [0.717, 1.165) is 45.0 Å². The van der Waals surface area contributed by atoms with Crippen LogP contribution >= 0.6 is 0 Å². The number of rotatable bonds is 7. The number of aromatic nitrogens is 2. The minimum atomic E-state index is -0.511. The molecule has 4 aromatic rings. The maximum absolute atomic E-state index is 13.1. The smallest absolute Gasteiger partial charge is 0.339 e. The highest BCUT2D eigenvalue weighted by Crippen LogP contribution is 2.26. The van der Waals surface area contributed by atoms with Crippen molar-refractivity contribution in [3.05, 3.63) is 88.4 Å². The van der Waals surface area contributed by atoms with Crippen LogP contribution < -0.4 is 4.74 Å². The molecule has 0 saturated heterocycles. The van der Waals surface area contributed by atoms with Crippen LogP contribution in [0, 0.1) is 20.8 Å². The van der Waals surface area contributed by atoms with Crippen LogP contribution in [0.5, 0.6) is 5.75 Å². The van der Waals surface area contributed by atoms with Gasteiger partial charge in [0.2, 0.25) is 5.78 Å². The van der Waals surface area contributed by atoms with Gasteiger partial charge in [0.1, 0.15) is 5.75 Å². The molecular weight excluding hydrogens is 428 g/mol. The molecule has 0 N–H and O–H groups in total. The molecule has 0 bridgehead atoms. The molecule has 0 aliphatic rings. The minimum Gasteiger partial charge on any atom is -0.497 e. The Morgan fingerprint density at radius 2 is 1.71 bits per heavy atom. The van der Waals surface area contributed by atoms with E-state index in [-0.39, 0.29) is 12.4 Å². The fourth-order valence-corrected chi connectivity index (χ4v) is 4.42. The van der Waals surface area contributed by atoms with Gasteiger partial charge in [0.15, 0.2) is 6.61 Å². The number of hydrogen-bond donors (Lipinski definition) is 0. The van der Waals surface area contributed by atoms with Gasteiger partial charge in [-0.1, -0.05) is 25.1 Å². The molecule has 2 heterocycles. The predicted octanol–water partition coefficient (Wildman–Crippen LogP) is 5.56. The molecule has 34 heavy (non-hydrogen) atoms. The third-order valence-corrected chi connectivity index (χ3v) is 6.17. The number of fused-ring (bicyclic) bond motifs is 1. The summed E-state index contributed by atoms with van der Waals surface area (Å²) in [6.45, 7) is 7.38. The van der Waals surface area contributed by atoms with Gasteiger partial charge in [-0.2, -0.15) is 0 Å². The van der Waals surface area contributed by atoms with Gasteiger partial charge in [0.05, 0.1) is 18.2 Å². The molecule has 0 spiro atoms. The summed E-state index contributed by atoms with van der Waals surface area (Å²) in [6.07, 6.45) is 0.702. The summed E-state index contributed by atoms with van der Waals surface area (Å²) in [5.41, 5.74) is 6.02. The van der Waals surface area contributed by atoms with Gasteiger partial charge in [0.25, 0.3) is 0 Å². The van der Waals surface area contributed by atoms with Gasteiger partial charge in [-0.05, 0) is 69.2 Å². The molecule has 4 rings (SSSR count). The van der Waals surface area contributed by atoms with Crippen LogP contribution in [0.4, 0.5) is 0 Å². The number of Topliss-reactive ketones (excluding diaryl/α,β-unsaturated/α-hetero) is 1. The van der Waals surface area contributed by atoms with E-state index in [1.54, 1.807) is 7.11 Å². The highest BCUT2D eigenvalue weighted by molar-refractivity contribution is 6.06. The Kier molecular flexibility index (Phi) is 6.50. The van der Waals surface area contributed by atoms with Crippen LogP contribution in [-0.2, 0) is 11.2 Å². The normalized spacial score (nSPS) is 11.0. The largest absolute Gasteiger partial charge is 0.497 e. The van der Waals surface area contributed by atoms with Crippen molar-refractivity contribution in [2.24, 2.45) is 0 Å². The van der Waals surface area contributed by atoms with Gasteiger partial charge in [-0.3, -0.25) is 9.78 Å². The topological polar surface area (TPSA) is 70.4 Å². The number of esters is 1. The summed E-state index contributed by atoms with van der Waals surface area (Å²) in [5.74, 6) is 0.00985. The first-order valence-electron chi connectivity index (χ1n) is 11.3. The Hall–Kier alpha value is -3.93. The molecule has 0 saturated carbocycles. The van der Waals surface area contributed by atoms with Crippen molar-refractivity contribution in [1.29, 1.82) is 0 Å². The number of para-hydroxylation sites is 1. The Morgan fingerprint density at radius 3 is 2.38 bits per heavy atom. The van der Waals surface area contributed by atoms with Gasteiger partial charge < -0.3 is 14.0 Å². The average molecular weight is 457 g/mol. The predicted molar refractivity (Wildman–Crippen MR) is 132 cm³/mol. The lowest BCUT2D eigenvalue weighted by atomic mass is 10.0. The minimum absolute atomic E-state index is 0.243. The molecule has 0 atom stereocenters. The lowest BCUT2D eigenvalue weighted by Crippen LogP contribution is -2.17. The highest BCUT2D eigenvalue weighted by Gasteiger charge is 2.22. The van der Waals surface area contributed by atoms with Crippen LogP contribution in [0.2, 0.25) is 0 Å². The fourth-order valence-electron chi connectivity index (χ4n) is 4.42. The van der Waals surface area contributed by atoms with Crippen molar-refractivity contribution in [2.75, 3.05) is 13.7 Å². The van der Waals surface area contributed by atoms with Crippen molar-refractivity contribution in [2.45, 2.75) is 34.1 Å². The van der Waals surface area contributed by atoms with E-state index in [4.69, 9.17) is 9.47 Å². The molecule has 0 unspecified atom stereocenters. The third kappa shape index (κ3) is 4.19. The quantitative estimate of drug-likeness (QED) is 0.269.